The van der Waals surface area contributed by atoms with E-state index in [1.165, 1.54) is 30.4 Å². The molecule has 3 heteroatoms. The Labute approximate surface area is 120 Å². The highest BCUT2D eigenvalue weighted by Gasteiger charge is 2.34. The molecule has 0 radical (unpaired) electrons. The van der Waals surface area contributed by atoms with Crippen molar-refractivity contribution in [1.29, 1.82) is 0 Å². The van der Waals surface area contributed by atoms with Gasteiger partial charge in [0.05, 0.1) is 13.2 Å². The Morgan fingerprint density at radius 3 is 2.80 bits per heavy atom. The molecule has 3 aliphatic rings. The van der Waals surface area contributed by atoms with Gasteiger partial charge in [0.25, 0.3) is 0 Å². The standard InChI is InChI=1S/C17H21NO2/c1-18-15-5-6-16(18)11-14(10-15)12-3-2-4-13(9-12)17-19-7-8-20-17/h2-4,9-10,15-17H,5-8,11H2,1H3. The topological polar surface area (TPSA) is 21.7 Å². The Balaban J connectivity index is 1.62. The van der Waals surface area contributed by atoms with E-state index in [1.807, 2.05) is 0 Å². The zero-order valence-corrected chi connectivity index (χ0v) is 11.9. The lowest BCUT2D eigenvalue weighted by Gasteiger charge is -2.30. The largest absolute Gasteiger partial charge is 0.346 e. The summed E-state index contributed by atoms with van der Waals surface area (Å²) >= 11 is 0. The Hall–Kier alpha value is -1.16. The maximum Gasteiger partial charge on any atom is 0.184 e. The van der Waals surface area contributed by atoms with E-state index in [9.17, 15) is 0 Å². The molecule has 1 aromatic carbocycles. The monoisotopic (exact) mass is 271 g/mol. The maximum absolute atomic E-state index is 5.60. The van der Waals surface area contributed by atoms with Crippen molar-refractivity contribution >= 4 is 5.57 Å². The third-order valence-corrected chi connectivity index (χ3v) is 4.90. The van der Waals surface area contributed by atoms with Crippen molar-refractivity contribution in [2.75, 3.05) is 20.3 Å². The molecular weight excluding hydrogens is 250 g/mol. The van der Waals surface area contributed by atoms with Gasteiger partial charge in [0.1, 0.15) is 0 Å². The fraction of sp³-hybridized carbons (Fsp3) is 0.529. The summed E-state index contributed by atoms with van der Waals surface area (Å²) in [5, 5.41) is 0. The van der Waals surface area contributed by atoms with Crippen LogP contribution in [0, 0.1) is 0 Å². The fourth-order valence-corrected chi connectivity index (χ4v) is 3.69. The molecule has 0 aromatic heterocycles. The first-order valence-corrected chi connectivity index (χ1v) is 7.57. The summed E-state index contributed by atoms with van der Waals surface area (Å²) < 4.78 is 11.2. The highest BCUT2D eigenvalue weighted by Crippen LogP contribution is 2.38. The van der Waals surface area contributed by atoms with Gasteiger partial charge in [0, 0.05) is 17.6 Å². The van der Waals surface area contributed by atoms with Gasteiger partial charge in [-0.2, -0.15) is 0 Å². The number of fused-ring (bicyclic) bond motifs is 2. The first kappa shape index (κ1) is 12.6. The van der Waals surface area contributed by atoms with Crippen molar-refractivity contribution < 1.29 is 9.47 Å². The molecule has 0 spiro atoms. The second kappa shape index (κ2) is 4.99. The van der Waals surface area contributed by atoms with Gasteiger partial charge in [-0.05, 0) is 43.5 Å². The van der Waals surface area contributed by atoms with E-state index in [-0.39, 0.29) is 6.29 Å². The van der Waals surface area contributed by atoms with Crippen LogP contribution in [-0.4, -0.2) is 37.2 Å². The Morgan fingerprint density at radius 2 is 2.00 bits per heavy atom. The molecule has 2 atom stereocenters. The first-order valence-electron chi connectivity index (χ1n) is 7.57. The third-order valence-electron chi connectivity index (χ3n) is 4.90. The van der Waals surface area contributed by atoms with Crippen LogP contribution in [-0.2, 0) is 9.47 Å². The summed E-state index contributed by atoms with van der Waals surface area (Å²) in [5.41, 5.74) is 3.98. The Morgan fingerprint density at radius 1 is 1.15 bits per heavy atom. The number of ether oxygens (including phenoxy) is 2. The van der Waals surface area contributed by atoms with E-state index < -0.39 is 0 Å². The molecule has 2 saturated heterocycles. The average molecular weight is 271 g/mol. The number of hydrogen-bond acceptors (Lipinski definition) is 3. The van der Waals surface area contributed by atoms with Gasteiger partial charge in [-0.15, -0.1) is 0 Å². The first-order chi connectivity index (χ1) is 9.81. The van der Waals surface area contributed by atoms with Crippen molar-refractivity contribution in [2.24, 2.45) is 0 Å². The van der Waals surface area contributed by atoms with Gasteiger partial charge in [-0.3, -0.25) is 4.90 Å². The van der Waals surface area contributed by atoms with E-state index in [0.29, 0.717) is 19.3 Å². The lowest BCUT2D eigenvalue weighted by molar-refractivity contribution is -0.0441. The summed E-state index contributed by atoms with van der Waals surface area (Å²) in [6.07, 6.45) is 6.09. The van der Waals surface area contributed by atoms with Crippen LogP contribution >= 0.6 is 0 Å². The number of nitrogens with zero attached hydrogens (tertiary/aromatic N) is 1. The molecule has 20 heavy (non-hydrogen) atoms. The molecule has 3 heterocycles. The van der Waals surface area contributed by atoms with E-state index in [0.717, 1.165) is 11.6 Å². The predicted octanol–water partition coefficient (Wildman–Crippen LogP) is 2.98. The molecule has 4 rings (SSSR count). The lowest BCUT2D eigenvalue weighted by atomic mass is 9.94. The molecule has 3 nitrogen and oxygen atoms in total. The van der Waals surface area contributed by atoms with E-state index in [1.54, 1.807) is 0 Å². The molecule has 2 unspecified atom stereocenters. The van der Waals surface area contributed by atoms with Gasteiger partial charge in [-0.25, -0.2) is 0 Å². The molecule has 0 amide bonds. The van der Waals surface area contributed by atoms with Crippen molar-refractivity contribution in [1.82, 2.24) is 4.90 Å². The second-order valence-corrected chi connectivity index (χ2v) is 6.06. The van der Waals surface area contributed by atoms with Crippen LogP contribution in [0.2, 0.25) is 0 Å². The normalized spacial score (nSPS) is 30.8. The summed E-state index contributed by atoms with van der Waals surface area (Å²) in [4.78, 5) is 2.52. The smallest absolute Gasteiger partial charge is 0.184 e. The number of likely N-dealkylation sites (N-methyl/N-ethyl adjacent to an activating group) is 1. The van der Waals surface area contributed by atoms with Gasteiger partial charge in [0.2, 0.25) is 0 Å². The van der Waals surface area contributed by atoms with Gasteiger partial charge < -0.3 is 9.47 Å². The molecule has 0 saturated carbocycles. The molecule has 2 fully saturated rings. The van der Waals surface area contributed by atoms with Crippen LogP contribution in [0.5, 0.6) is 0 Å². The van der Waals surface area contributed by atoms with E-state index >= 15 is 0 Å². The quantitative estimate of drug-likeness (QED) is 0.825. The lowest BCUT2D eigenvalue weighted by Crippen LogP contribution is -2.34. The maximum atomic E-state index is 5.60. The zero-order valence-electron chi connectivity index (χ0n) is 11.9. The van der Waals surface area contributed by atoms with Gasteiger partial charge in [-0.1, -0.05) is 24.3 Å². The number of rotatable bonds is 2. The Bertz CT molecular complexity index is 534. The molecule has 106 valence electrons. The minimum Gasteiger partial charge on any atom is -0.346 e. The molecule has 0 aliphatic carbocycles. The zero-order chi connectivity index (χ0) is 13.5. The van der Waals surface area contributed by atoms with E-state index in [4.69, 9.17) is 9.47 Å². The van der Waals surface area contributed by atoms with Gasteiger partial charge in [0.15, 0.2) is 6.29 Å². The van der Waals surface area contributed by atoms with Crippen LogP contribution in [0.3, 0.4) is 0 Å². The van der Waals surface area contributed by atoms with Crippen LogP contribution in [0.4, 0.5) is 0 Å². The third kappa shape index (κ3) is 2.10. The van der Waals surface area contributed by atoms with Crippen molar-refractivity contribution in [3.05, 3.63) is 41.5 Å². The number of hydrogen-bond donors (Lipinski definition) is 0. The molecular formula is C17H21NO2. The summed E-state index contributed by atoms with van der Waals surface area (Å²) in [7, 11) is 2.26. The highest BCUT2D eigenvalue weighted by atomic mass is 16.7. The number of benzene rings is 1. The minimum atomic E-state index is -0.168. The predicted molar refractivity (Wildman–Crippen MR) is 78.3 cm³/mol. The van der Waals surface area contributed by atoms with Crippen LogP contribution in [0.1, 0.15) is 36.7 Å². The average Bonchev–Trinajstić information content (AvgIpc) is 3.06. The van der Waals surface area contributed by atoms with Crippen LogP contribution in [0.15, 0.2) is 30.3 Å². The second-order valence-electron chi connectivity index (χ2n) is 6.06. The molecule has 3 aliphatic heterocycles. The molecule has 1 aromatic rings. The van der Waals surface area contributed by atoms with Crippen LogP contribution < -0.4 is 0 Å². The van der Waals surface area contributed by atoms with E-state index in [2.05, 4.69) is 42.3 Å². The SMILES string of the molecule is CN1C2C=C(c3cccc(C4OCCO4)c3)CC1CC2. The molecule has 2 bridgehead atoms. The van der Waals surface area contributed by atoms with Crippen LogP contribution in [0.25, 0.3) is 5.57 Å². The van der Waals surface area contributed by atoms with Crippen molar-refractivity contribution in [3.63, 3.8) is 0 Å². The van der Waals surface area contributed by atoms with Crippen molar-refractivity contribution in [2.45, 2.75) is 37.6 Å². The summed E-state index contributed by atoms with van der Waals surface area (Å²) in [5.74, 6) is 0. The summed E-state index contributed by atoms with van der Waals surface area (Å²) in [6, 6.07) is 10.0. The van der Waals surface area contributed by atoms with Crippen molar-refractivity contribution in [3.8, 4) is 0 Å². The summed E-state index contributed by atoms with van der Waals surface area (Å²) in [6.45, 7) is 1.40. The van der Waals surface area contributed by atoms with Gasteiger partial charge >= 0.3 is 0 Å². The minimum absolute atomic E-state index is 0.168. The Kier molecular flexibility index (Phi) is 3.14. The highest BCUT2D eigenvalue weighted by molar-refractivity contribution is 5.68. The fourth-order valence-electron chi connectivity index (χ4n) is 3.69. The molecule has 0 N–H and O–H groups in total.